The molecular weight excluding hydrogens is 420 g/mol. The van der Waals surface area contributed by atoms with E-state index in [4.69, 9.17) is 0 Å². The van der Waals surface area contributed by atoms with Gasteiger partial charge in [-0.15, -0.1) is 0 Å². The standard InChI is InChI=1S/C25H32N4O4/c30-22-5-1-3-20(22)28-24(32)26-18-11-7-16(8-12-18)15-17-9-13-19(14-10-17)27-25(33)29-21-4-2-6-23(21)31/h7-14,20-23,30-31H,1-6,15H2,(H2,26,28,32)(H2,27,29,33)/t20-,21-,22+,23+/m1/s1. The summed E-state index contributed by atoms with van der Waals surface area (Å²) in [6.07, 6.45) is 4.71. The van der Waals surface area contributed by atoms with Crippen molar-refractivity contribution in [3.8, 4) is 0 Å². The van der Waals surface area contributed by atoms with Gasteiger partial charge in [-0.25, -0.2) is 9.59 Å². The second-order valence-corrected chi connectivity index (χ2v) is 8.98. The van der Waals surface area contributed by atoms with Crippen LogP contribution < -0.4 is 21.3 Å². The van der Waals surface area contributed by atoms with Crippen molar-refractivity contribution in [3.05, 3.63) is 59.7 Å². The van der Waals surface area contributed by atoms with Gasteiger partial charge in [-0.1, -0.05) is 24.3 Å². The average Bonchev–Trinajstić information content (AvgIpc) is 3.38. The largest absolute Gasteiger partial charge is 0.391 e. The third-order valence-corrected chi connectivity index (χ3v) is 6.42. The van der Waals surface area contributed by atoms with E-state index in [0.717, 1.165) is 56.1 Å². The van der Waals surface area contributed by atoms with Gasteiger partial charge in [-0.3, -0.25) is 0 Å². The molecule has 6 N–H and O–H groups in total. The summed E-state index contributed by atoms with van der Waals surface area (Å²) in [6.45, 7) is 0. The Morgan fingerprint density at radius 2 is 1.06 bits per heavy atom. The summed E-state index contributed by atoms with van der Waals surface area (Å²) in [5.74, 6) is 0. The molecule has 8 nitrogen and oxygen atoms in total. The fourth-order valence-electron chi connectivity index (χ4n) is 4.54. The number of aliphatic hydroxyl groups is 2. The van der Waals surface area contributed by atoms with Crippen molar-refractivity contribution in [2.24, 2.45) is 0 Å². The first kappa shape index (κ1) is 23.1. The van der Waals surface area contributed by atoms with E-state index in [1.807, 2.05) is 48.5 Å². The highest BCUT2D eigenvalue weighted by atomic mass is 16.3. The number of hydrogen-bond donors (Lipinski definition) is 6. The molecule has 0 bridgehead atoms. The molecule has 2 aromatic carbocycles. The van der Waals surface area contributed by atoms with Crippen LogP contribution >= 0.6 is 0 Å². The van der Waals surface area contributed by atoms with Crippen LogP contribution in [0.2, 0.25) is 0 Å². The second kappa shape index (κ2) is 10.7. The highest BCUT2D eigenvalue weighted by Crippen LogP contribution is 2.20. The van der Waals surface area contributed by atoms with Crippen LogP contribution in [0, 0.1) is 0 Å². The number of aliphatic hydroxyl groups excluding tert-OH is 2. The molecule has 0 heterocycles. The minimum Gasteiger partial charge on any atom is -0.391 e. The van der Waals surface area contributed by atoms with E-state index in [1.165, 1.54) is 0 Å². The number of benzene rings is 2. The van der Waals surface area contributed by atoms with E-state index < -0.39 is 12.2 Å². The van der Waals surface area contributed by atoms with E-state index in [0.29, 0.717) is 11.4 Å². The zero-order chi connectivity index (χ0) is 23.2. The maximum Gasteiger partial charge on any atom is 0.319 e. The summed E-state index contributed by atoms with van der Waals surface area (Å²) >= 11 is 0. The van der Waals surface area contributed by atoms with E-state index in [1.54, 1.807) is 0 Å². The number of carbonyl (C=O) groups is 2. The predicted octanol–water partition coefficient (Wildman–Crippen LogP) is 3.35. The molecule has 0 spiro atoms. The highest BCUT2D eigenvalue weighted by Gasteiger charge is 2.27. The van der Waals surface area contributed by atoms with Crippen LogP contribution in [0.5, 0.6) is 0 Å². The van der Waals surface area contributed by atoms with E-state index in [9.17, 15) is 19.8 Å². The maximum atomic E-state index is 12.1. The number of anilines is 2. The highest BCUT2D eigenvalue weighted by molar-refractivity contribution is 5.90. The normalized spacial score (nSPS) is 24.3. The number of hydrogen-bond acceptors (Lipinski definition) is 4. The number of urea groups is 2. The molecule has 2 aliphatic carbocycles. The van der Waals surface area contributed by atoms with Gasteiger partial charge in [0, 0.05) is 11.4 Å². The molecular formula is C25H32N4O4. The van der Waals surface area contributed by atoms with Crippen molar-refractivity contribution in [2.45, 2.75) is 69.2 Å². The molecule has 2 fully saturated rings. The van der Waals surface area contributed by atoms with Gasteiger partial charge < -0.3 is 31.5 Å². The molecule has 4 amide bonds. The van der Waals surface area contributed by atoms with Crippen molar-refractivity contribution in [3.63, 3.8) is 0 Å². The molecule has 2 saturated carbocycles. The van der Waals surface area contributed by atoms with E-state index >= 15 is 0 Å². The van der Waals surface area contributed by atoms with Gasteiger partial charge in [0.1, 0.15) is 0 Å². The summed E-state index contributed by atoms with van der Waals surface area (Å²) < 4.78 is 0. The summed E-state index contributed by atoms with van der Waals surface area (Å²) in [4.78, 5) is 24.3. The van der Waals surface area contributed by atoms with Gasteiger partial charge in [-0.05, 0) is 80.3 Å². The van der Waals surface area contributed by atoms with Gasteiger partial charge in [0.2, 0.25) is 0 Å². The molecule has 2 aromatic rings. The summed E-state index contributed by atoms with van der Waals surface area (Å²) in [5, 5.41) is 30.9. The monoisotopic (exact) mass is 452 g/mol. The Hall–Kier alpha value is -3.10. The average molecular weight is 453 g/mol. The molecule has 8 heteroatoms. The molecule has 2 aliphatic rings. The lowest BCUT2D eigenvalue weighted by Crippen LogP contribution is -2.42. The minimum absolute atomic E-state index is 0.179. The predicted molar refractivity (Wildman–Crippen MR) is 127 cm³/mol. The van der Waals surface area contributed by atoms with Crippen molar-refractivity contribution in [1.82, 2.24) is 10.6 Å². The Kier molecular flexibility index (Phi) is 7.47. The zero-order valence-corrected chi connectivity index (χ0v) is 18.6. The summed E-state index contributed by atoms with van der Waals surface area (Å²) in [6, 6.07) is 14.3. The Morgan fingerprint density at radius 1 is 0.667 bits per heavy atom. The van der Waals surface area contributed by atoms with Gasteiger partial charge in [0.15, 0.2) is 0 Å². The summed E-state index contributed by atoms with van der Waals surface area (Å²) in [5.41, 5.74) is 3.59. The van der Waals surface area contributed by atoms with Crippen molar-refractivity contribution in [2.75, 3.05) is 10.6 Å². The van der Waals surface area contributed by atoms with Crippen LogP contribution in [0.15, 0.2) is 48.5 Å². The first-order valence-corrected chi connectivity index (χ1v) is 11.7. The molecule has 0 saturated heterocycles. The lowest BCUT2D eigenvalue weighted by atomic mass is 10.0. The van der Waals surface area contributed by atoms with Gasteiger partial charge in [0.25, 0.3) is 0 Å². The molecule has 33 heavy (non-hydrogen) atoms. The van der Waals surface area contributed by atoms with Crippen LogP contribution in [0.25, 0.3) is 0 Å². The Morgan fingerprint density at radius 3 is 1.39 bits per heavy atom. The molecule has 0 unspecified atom stereocenters. The quantitative estimate of drug-likeness (QED) is 0.402. The number of nitrogens with one attached hydrogen (secondary N) is 4. The Labute approximate surface area is 193 Å². The van der Waals surface area contributed by atoms with Gasteiger partial charge >= 0.3 is 12.1 Å². The molecule has 0 aliphatic heterocycles. The Bertz CT molecular complexity index is 870. The molecule has 4 rings (SSSR count). The fraction of sp³-hybridized carbons (Fsp3) is 0.440. The number of amides is 4. The summed E-state index contributed by atoms with van der Waals surface area (Å²) in [7, 11) is 0. The number of rotatable bonds is 6. The van der Waals surface area contributed by atoms with Crippen LogP contribution in [0.4, 0.5) is 21.0 Å². The van der Waals surface area contributed by atoms with Gasteiger partial charge in [-0.2, -0.15) is 0 Å². The van der Waals surface area contributed by atoms with Crippen LogP contribution in [0.1, 0.15) is 49.7 Å². The zero-order valence-electron chi connectivity index (χ0n) is 18.6. The first-order chi connectivity index (χ1) is 16.0. The van der Waals surface area contributed by atoms with Crippen LogP contribution in [0.3, 0.4) is 0 Å². The van der Waals surface area contributed by atoms with Gasteiger partial charge in [0.05, 0.1) is 24.3 Å². The van der Waals surface area contributed by atoms with Crippen molar-refractivity contribution in [1.29, 1.82) is 0 Å². The second-order valence-electron chi connectivity index (χ2n) is 8.98. The van der Waals surface area contributed by atoms with Crippen molar-refractivity contribution < 1.29 is 19.8 Å². The lowest BCUT2D eigenvalue weighted by molar-refractivity contribution is 0.151. The van der Waals surface area contributed by atoms with Crippen LogP contribution in [-0.4, -0.2) is 46.6 Å². The van der Waals surface area contributed by atoms with E-state index in [2.05, 4.69) is 21.3 Å². The number of carbonyl (C=O) groups excluding carboxylic acids is 2. The third kappa shape index (κ3) is 6.46. The minimum atomic E-state index is -0.464. The topological polar surface area (TPSA) is 123 Å². The Balaban J connectivity index is 1.24. The lowest BCUT2D eigenvalue weighted by Gasteiger charge is -2.17. The molecule has 4 atom stereocenters. The first-order valence-electron chi connectivity index (χ1n) is 11.7. The fourth-order valence-corrected chi connectivity index (χ4v) is 4.54. The van der Waals surface area contributed by atoms with E-state index in [-0.39, 0.29) is 24.1 Å². The molecule has 0 aromatic heterocycles. The smallest absolute Gasteiger partial charge is 0.319 e. The molecule has 0 radical (unpaired) electrons. The maximum absolute atomic E-state index is 12.1. The molecule has 176 valence electrons. The van der Waals surface area contributed by atoms with Crippen LogP contribution in [-0.2, 0) is 6.42 Å². The SMILES string of the molecule is O=C(Nc1ccc(Cc2ccc(NC(=O)N[C@@H]3CCC[C@@H]3O)cc2)cc1)N[C@@H]1CCC[C@@H]1O. The van der Waals surface area contributed by atoms with Crippen molar-refractivity contribution >= 4 is 23.4 Å². The third-order valence-electron chi connectivity index (χ3n) is 6.42.